The minimum atomic E-state index is -0.141. The van der Waals surface area contributed by atoms with Crippen LogP contribution >= 0.6 is 0 Å². The van der Waals surface area contributed by atoms with Gasteiger partial charge in [-0.25, -0.2) is 0 Å². The molecule has 1 unspecified atom stereocenters. The van der Waals surface area contributed by atoms with Gasteiger partial charge < -0.3 is 10.1 Å². The standard InChI is InChI=1S/C11H21NO/c1-6-8-12-10(7-2)9-11(3,4)13-5/h2,10,12H,6,8-9H2,1,3-5H3. The Kier molecular flexibility index (Phi) is 5.77. The van der Waals surface area contributed by atoms with Crippen molar-refractivity contribution < 1.29 is 4.74 Å². The molecule has 0 aliphatic carbocycles. The first-order valence-electron chi connectivity index (χ1n) is 4.80. The maximum absolute atomic E-state index is 5.41. The summed E-state index contributed by atoms with van der Waals surface area (Å²) in [6.45, 7) is 7.19. The fourth-order valence-electron chi connectivity index (χ4n) is 1.08. The second-order valence-corrected chi connectivity index (χ2v) is 3.84. The van der Waals surface area contributed by atoms with Crippen LogP contribution in [0.4, 0.5) is 0 Å². The van der Waals surface area contributed by atoms with Crippen molar-refractivity contribution in [1.29, 1.82) is 0 Å². The lowest BCUT2D eigenvalue weighted by Crippen LogP contribution is -2.37. The van der Waals surface area contributed by atoms with Crippen LogP contribution < -0.4 is 5.32 Å². The van der Waals surface area contributed by atoms with E-state index in [-0.39, 0.29) is 11.6 Å². The summed E-state index contributed by atoms with van der Waals surface area (Å²) < 4.78 is 5.31. The average molecular weight is 183 g/mol. The summed E-state index contributed by atoms with van der Waals surface area (Å²) in [5, 5.41) is 3.29. The second-order valence-electron chi connectivity index (χ2n) is 3.84. The fourth-order valence-corrected chi connectivity index (χ4v) is 1.08. The smallest absolute Gasteiger partial charge is 0.0714 e. The lowest BCUT2D eigenvalue weighted by atomic mass is 9.99. The molecule has 1 N–H and O–H groups in total. The van der Waals surface area contributed by atoms with Crippen molar-refractivity contribution in [2.24, 2.45) is 0 Å². The lowest BCUT2D eigenvalue weighted by molar-refractivity contribution is 0.0114. The van der Waals surface area contributed by atoms with Crippen LogP contribution in [-0.2, 0) is 4.74 Å². The Morgan fingerprint density at radius 1 is 1.54 bits per heavy atom. The summed E-state index contributed by atoms with van der Waals surface area (Å²) in [6, 6.07) is 0.120. The molecule has 0 heterocycles. The molecule has 0 aromatic rings. The predicted molar refractivity (Wildman–Crippen MR) is 56.6 cm³/mol. The molecule has 2 nitrogen and oxygen atoms in total. The Morgan fingerprint density at radius 3 is 2.54 bits per heavy atom. The highest BCUT2D eigenvalue weighted by Gasteiger charge is 2.20. The minimum absolute atomic E-state index is 0.120. The van der Waals surface area contributed by atoms with Crippen LogP contribution in [0.1, 0.15) is 33.6 Å². The van der Waals surface area contributed by atoms with Crippen LogP contribution in [0.5, 0.6) is 0 Å². The maximum atomic E-state index is 5.41. The van der Waals surface area contributed by atoms with E-state index in [2.05, 4.69) is 18.2 Å². The summed E-state index contributed by atoms with van der Waals surface area (Å²) in [6.07, 6.45) is 7.36. The van der Waals surface area contributed by atoms with Gasteiger partial charge in [0, 0.05) is 13.5 Å². The normalized spacial score (nSPS) is 13.8. The third-order valence-electron chi connectivity index (χ3n) is 2.09. The number of nitrogens with one attached hydrogen (secondary N) is 1. The van der Waals surface area contributed by atoms with E-state index in [4.69, 9.17) is 11.2 Å². The summed E-state index contributed by atoms with van der Waals surface area (Å²) in [4.78, 5) is 0. The molecule has 0 aromatic heterocycles. The number of ether oxygens (including phenoxy) is 1. The Hall–Kier alpha value is -0.520. The van der Waals surface area contributed by atoms with Crippen molar-refractivity contribution in [3.63, 3.8) is 0 Å². The summed E-state index contributed by atoms with van der Waals surface area (Å²) in [5.74, 6) is 2.74. The summed E-state index contributed by atoms with van der Waals surface area (Å²) in [5.41, 5.74) is -0.141. The van der Waals surface area contributed by atoms with Gasteiger partial charge in [0.1, 0.15) is 0 Å². The van der Waals surface area contributed by atoms with Crippen LogP contribution in [0.3, 0.4) is 0 Å². The molecule has 0 saturated carbocycles. The van der Waals surface area contributed by atoms with Crippen LogP contribution in [0.2, 0.25) is 0 Å². The zero-order valence-electron chi connectivity index (χ0n) is 9.18. The van der Waals surface area contributed by atoms with E-state index in [1.807, 2.05) is 13.8 Å². The number of hydrogen-bond acceptors (Lipinski definition) is 2. The van der Waals surface area contributed by atoms with Gasteiger partial charge in [-0.3, -0.25) is 0 Å². The van der Waals surface area contributed by atoms with Crippen molar-refractivity contribution in [2.75, 3.05) is 13.7 Å². The van der Waals surface area contributed by atoms with Gasteiger partial charge in [-0.2, -0.15) is 0 Å². The first-order valence-corrected chi connectivity index (χ1v) is 4.80. The van der Waals surface area contributed by atoms with Crippen LogP contribution in [0.15, 0.2) is 0 Å². The molecule has 0 rings (SSSR count). The largest absolute Gasteiger partial charge is 0.379 e. The molecule has 0 aromatic carbocycles. The molecule has 0 saturated heterocycles. The van der Waals surface area contributed by atoms with Crippen molar-refractivity contribution in [2.45, 2.75) is 45.3 Å². The number of methoxy groups -OCH3 is 1. The van der Waals surface area contributed by atoms with Crippen molar-refractivity contribution >= 4 is 0 Å². The van der Waals surface area contributed by atoms with E-state index in [9.17, 15) is 0 Å². The molecule has 0 aliphatic heterocycles. The highest BCUT2D eigenvalue weighted by molar-refractivity contribution is 5.01. The zero-order valence-corrected chi connectivity index (χ0v) is 9.18. The molecule has 0 fully saturated rings. The summed E-state index contributed by atoms with van der Waals surface area (Å²) in [7, 11) is 1.72. The quantitative estimate of drug-likeness (QED) is 0.634. The SMILES string of the molecule is C#CC(CC(C)(C)OC)NCCC. The van der Waals surface area contributed by atoms with Gasteiger partial charge in [-0.1, -0.05) is 12.8 Å². The molecule has 0 aliphatic rings. The monoisotopic (exact) mass is 183 g/mol. The third-order valence-corrected chi connectivity index (χ3v) is 2.09. The van der Waals surface area contributed by atoms with Gasteiger partial charge in [0.2, 0.25) is 0 Å². The van der Waals surface area contributed by atoms with Crippen molar-refractivity contribution in [3.8, 4) is 12.3 Å². The van der Waals surface area contributed by atoms with E-state index in [1.54, 1.807) is 7.11 Å². The molecule has 0 radical (unpaired) electrons. The first kappa shape index (κ1) is 12.5. The molecular formula is C11H21NO. The Bertz CT molecular complexity index is 169. The van der Waals surface area contributed by atoms with Gasteiger partial charge in [-0.15, -0.1) is 6.42 Å². The topological polar surface area (TPSA) is 21.3 Å². The van der Waals surface area contributed by atoms with Crippen LogP contribution in [0, 0.1) is 12.3 Å². The predicted octanol–water partition coefficient (Wildman–Crippen LogP) is 1.80. The molecule has 0 bridgehead atoms. The minimum Gasteiger partial charge on any atom is -0.379 e. The van der Waals surface area contributed by atoms with E-state index < -0.39 is 0 Å². The van der Waals surface area contributed by atoms with Crippen LogP contribution in [-0.4, -0.2) is 25.3 Å². The Labute approximate surface area is 82.1 Å². The van der Waals surface area contributed by atoms with Crippen LogP contribution in [0.25, 0.3) is 0 Å². The van der Waals surface area contributed by atoms with E-state index in [1.165, 1.54) is 0 Å². The number of hydrogen-bond donors (Lipinski definition) is 1. The molecule has 2 heteroatoms. The molecule has 1 atom stereocenters. The highest BCUT2D eigenvalue weighted by atomic mass is 16.5. The summed E-state index contributed by atoms with van der Waals surface area (Å²) >= 11 is 0. The van der Waals surface area contributed by atoms with E-state index in [0.29, 0.717) is 0 Å². The maximum Gasteiger partial charge on any atom is 0.0714 e. The third kappa shape index (κ3) is 5.68. The molecule has 13 heavy (non-hydrogen) atoms. The zero-order chi connectivity index (χ0) is 10.3. The molecular weight excluding hydrogens is 162 g/mol. The highest BCUT2D eigenvalue weighted by Crippen LogP contribution is 2.15. The molecule has 0 amide bonds. The van der Waals surface area contributed by atoms with Crippen molar-refractivity contribution in [1.82, 2.24) is 5.32 Å². The lowest BCUT2D eigenvalue weighted by Gasteiger charge is -2.26. The van der Waals surface area contributed by atoms with Gasteiger partial charge in [-0.05, 0) is 26.8 Å². The first-order chi connectivity index (χ1) is 6.05. The average Bonchev–Trinajstić information content (AvgIpc) is 2.12. The number of terminal acetylenes is 1. The van der Waals surface area contributed by atoms with Crippen molar-refractivity contribution in [3.05, 3.63) is 0 Å². The van der Waals surface area contributed by atoms with E-state index in [0.717, 1.165) is 19.4 Å². The fraction of sp³-hybridized carbons (Fsp3) is 0.818. The molecule has 76 valence electrons. The van der Waals surface area contributed by atoms with E-state index >= 15 is 0 Å². The van der Waals surface area contributed by atoms with Gasteiger partial charge >= 0.3 is 0 Å². The van der Waals surface area contributed by atoms with Gasteiger partial charge in [0.05, 0.1) is 11.6 Å². The Morgan fingerprint density at radius 2 is 2.15 bits per heavy atom. The second kappa shape index (κ2) is 6.01. The molecule has 0 spiro atoms. The Balaban J connectivity index is 3.92. The number of rotatable bonds is 6. The van der Waals surface area contributed by atoms with Gasteiger partial charge in [0.15, 0.2) is 0 Å². The van der Waals surface area contributed by atoms with Gasteiger partial charge in [0.25, 0.3) is 0 Å².